The van der Waals surface area contributed by atoms with Gasteiger partial charge in [-0.25, -0.2) is 9.78 Å². The van der Waals surface area contributed by atoms with E-state index < -0.39 is 5.69 Å². The van der Waals surface area contributed by atoms with Crippen molar-refractivity contribution in [2.45, 2.75) is 18.6 Å². The summed E-state index contributed by atoms with van der Waals surface area (Å²) in [5.74, 6) is 0.629. The van der Waals surface area contributed by atoms with E-state index in [4.69, 9.17) is 0 Å². The number of aryl methyl sites for hydroxylation is 3. The van der Waals surface area contributed by atoms with Crippen LogP contribution in [0.25, 0.3) is 16.9 Å². The molecule has 10 nitrogen and oxygen atoms in total. The maximum Gasteiger partial charge on any atom is 0.332 e. The molecule has 28 heavy (non-hydrogen) atoms. The van der Waals surface area contributed by atoms with Crippen LogP contribution in [0.4, 0.5) is 0 Å². The number of thioether (sulfide) groups is 1. The number of imidazole rings is 1. The monoisotopic (exact) mass is 398 g/mol. The predicted octanol–water partition coefficient (Wildman–Crippen LogP) is 0.510. The first-order valence-corrected chi connectivity index (χ1v) is 9.55. The summed E-state index contributed by atoms with van der Waals surface area (Å²) in [6, 6.07) is 7.93. The summed E-state index contributed by atoms with van der Waals surface area (Å²) in [7, 11) is 3.07. The van der Waals surface area contributed by atoms with E-state index in [0.29, 0.717) is 28.6 Å². The van der Waals surface area contributed by atoms with Crippen molar-refractivity contribution in [3.8, 4) is 5.69 Å². The molecule has 0 unspecified atom stereocenters. The van der Waals surface area contributed by atoms with E-state index in [1.54, 1.807) is 22.6 Å². The third-order valence-electron chi connectivity index (χ3n) is 4.50. The van der Waals surface area contributed by atoms with Gasteiger partial charge in [0.2, 0.25) is 5.16 Å². The van der Waals surface area contributed by atoms with E-state index >= 15 is 0 Å². The van der Waals surface area contributed by atoms with Gasteiger partial charge in [0.15, 0.2) is 11.2 Å². The van der Waals surface area contributed by atoms with Gasteiger partial charge in [-0.05, 0) is 29.5 Å². The molecule has 0 bridgehead atoms. The molecule has 1 aromatic carbocycles. The lowest BCUT2D eigenvalue weighted by atomic mass is 10.2. The Bertz CT molecular complexity index is 1270. The quantitative estimate of drug-likeness (QED) is 0.451. The normalized spacial score (nSPS) is 11.4. The van der Waals surface area contributed by atoms with Crippen LogP contribution in [0.3, 0.4) is 0 Å². The molecule has 3 aromatic heterocycles. The van der Waals surface area contributed by atoms with Crippen LogP contribution in [0, 0.1) is 6.92 Å². The Labute approximate surface area is 163 Å². The first kappa shape index (κ1) is 18.2. The fourth-order valence-electron chi connectivity index (χ4n) is 2.92. The number of aromatic nitrogens is 8. The fraction of sp³-hybridized carbons (Fsp3) is 0.294. The smallest absolute Gasteiger partial charge is 0.324 e. The molecule has 0 fully saturated rings. The molecule has 0 aliphatic carbocycles. The van der Waals surface area contributed by atoms with Crippen molar-refractivity contribution >= 4 is 22.9 Å². The van der Waals surface area contributed by atoms with Crippen LogP contribution in [-0.2, 0) is 20.6 Å². The topological polar surface area (TPSA) is 105 Å². The lowest BCUT2D eigenvalue weighted by Crippen LogP contribution is -2.37. The van der Waals surface area contributed by atoms with E-state index in [9.17, 15) is 9.59 Å². The van der Waals surface area contributed by atoms with Crippen LogP contribution in [-0.4, -0.2) is 44.6 Å². The van der Waals surface area contributed by atoms with Gasteiger partial charge in [-0.15, -0.1) is 5.10 Å². The second-order valence-corrected chi connectivity index (χ2v) is 7.44. The Kier molecular flexibility index (Phi) is 4.59. The first-order chi connectivity index (χ1) is 13.5. The molecule has 3 heterocycles. The molecule has 11 heteroatoms. The molecule has 0 spiro atoms. The Hall–Kier alpha value is -3.21. The van der Waals surface area contributed by atoms with Crippen molar-refractivity contribution in [1.29, 1.82) is 0 Å². The average Bonchev–Trinajstić information content (AvgIpc) is 3.33. The molecule has 0 aliphatic heterocycles. The third-order valence-corrected chi connectivity index (χ3v) is 5.40. The lowest BCUT2D eigenvalue weighted by molar-refractivity contribution is 0.700. The van der Waals surface area contributed by atoms with Crippen molar-refractivity contribution in [3.05, 3.63) is 57.0 Å². The Morgan fingerprint density at radius 1 is 1.07 bits per heavy atom. The zero-order chi connectivity index (χ0) is 19.8. The molecule has 0 radical (unpaired) electrons. The molecule has 0 atom stereocenters. The minimum atomic E-state index is -0.394. The number of hydrogen-bond acceptors (Lipinski definition) is 7. The number of fused-ring (bicyclic) bond motifs is 1. The maximum atomic E-state index is 12.5. The highest BCUT2D eigenvalue weighted by atomic mass is 32.2. The van der Waals surface area contributed by atoms with Gasteiger partial charge in [0.05, 0.1) is 12.0 Å². The van der Waals surface area contributed by atoms with Crippen molar-refractivity contribution in [3.63, 3.8) is 0 Å². The Morgan fingerprint density at radius 2 is 1.82 bits per heavy atom. The van der Waals surface area contributed by atoms with E-state index in [-0.39, 0.29) is 5.56 Å². The molecular weight excluding hydrogens is 380 g/mol. The molecule has 0 aliphatic rings. The van der Waals surface area contributed by atoms with Gasteiger partial charge < -0.3 is 4.57 Å². The lowest BCUT2D eigenvalue weighted by Gasteiger charge is -2.07. The molecule has 4 aromatic rings. The zero-order valence-electron chi connectivity index (χ0n) is 15.6. The highest BCUT2D eigenvalue weighted by Crippen LogP contribution is 2.19. The second kappa shape index (κ2) is 7.08. The van der Waals surface area contributed by atoms with Crippen molar-refractivity contribution in [1.82, 2.24) is 38.9 Å². The largest absolute Gasteiger partial charge is 0.332 e. The molecular formula is C17H18N8O2S. The van der Waals surface area contributed by atoms with Crippen LogP contribution < -0.4 is 11.2 Å². The summed E-state index contributed by atoms with van der Waals surface area (Å²) >= 11 is 1.48. The van der Waals surface area contributed by atoms with E-state index in [1.165, 1.54) is 23.4 Å². The molecule has 0 amide bonds. The molecule has 0 saturated heterocycles. The SMILES string of the molecule is Cc1ccc(-n2nnnc2SCCn2cnc3c2c(=O)n(C)c(=O)n3C)cc1. The standard InChI is InChI=1S/C17H18N8O2S/c1-11-4-6-12(7-5-11)25-16(19-20-21-25)28-9-8-24-10-18-14-13(24)15(26)23(3)17(27)22(14)2/h4-7,10H,8-9H2,1-3H3. The number of nitrogens with zero attached hydrogens (tertiary/aromatic N) is 8. The van der Waals surface area contributed by atoms with Crippen LogP contribution >= 0.6 is 11.8 Å². The van der Waals surface area contributed by atoms with Crippen LogP contribution in [0.5, 0.6) is 0 Å². The van der Waals surface area contributed by atoms with Crippen molar-refractivity contribution < 1.29 is 0 Å². The van der Waals surface area contributed by atoms with E-state index in [1.807, 2.05) is 31.2 Å². The highest BCUT2D eigenvalue weighted by molar-refractivity contribution is 7.99. The summed E-state index contributed by atoms with van der Waals surface area (Å²) in [6.07, 6.45) is 1.58. The highest BCUT2D eigenvalue weighted by Gasteiger charge is 2.15. The molecule has 0 N–H and O–H groups in total. The van der Waals surface area contributed by atoms with Gasteiger partial charge in [-0.3, -0.25) is 13.9 Å². The molecule has 0 saturated carbocycles. The summed E-state index contributed by atoms with van der Waals surface area (Å²) in [5.41, 5.74) is 2.08. The second-order valence-electron chi connectivity index (χ2n) is 6.37. The number of hydrogen-bond donors (Lipinski definition) is 0. The number of rotatable bonds is 5. The van der Waals surface area contributed by atoms with Gasteiger partial charge in [-0.1, -0.05) is 29.5 Å². The van der Waals surface area contributed by atoms with Gasteiger partial charge in [0, 0.05) is 26.4 Å². The fourth-order valence-corrected chi connectivity index (χ4v) is 3.75. The van der Waals surface area contributed by atoms with Crippen LogP contribution in [0.1, 0.15) is 5.56 Å². The van der Waals surface area contributed by atoms with Gasteiger partial charge in [-0.2, -0.15) is 4.68 Å². The summed E-state index contributed by atoms with van der Waals surface area (Å²) in [5, 5.41) is 12.6. The predicted molar refractivity (Wildman–Crippen MR) is 105 cm³/mol. The number of tetrazole rings is 1. The molecule has 144 valence electrons. The van der Waals surface area contributed by atoms with E-state index in [0.717, 1.165) is 15.8 Å². The minimum absolute atomic E-state index is 0.356. The average molecular weight is 398 g/mol. The summed E-state index contributed by atoms with van der Waals surface area (Å²) in [4.78, 5) is 28.7. The Morgan fingerprint density at radius 3 is 2.57 bits per heavy atom. The maximum absolute atomic E-state index is 12.5. The zero-order valence-corrected chi connectivity index (χ0v) is 16.4. The van der Waals surface area contributed by atoms with E-state index in [2.05, 4.69) is 20.5 Å². The van der Waals surface area contributed by atoms with Crippen molar-refractivity contribution in [2.75, 3.05) is 5.75 Å². The van der Waals surface area contributed by atoms with Gasteiger partial charge in [0.25, 0.3) is 5.56 Å². The summed E-state index contributed by atoms with van der Waals surface area (Å²) in [6.45, 7) is 2.55. The summed E-state index contributed by atoms with van der Waals surface area (Å²) < 4.78 is 5.90. The third kappa shape index (κ3) is 3.03. The van der Waals surface area contributed by atoms with Crippen LogP contribution in [0.2, 0.25) is 0 Å². The Balaban J connectivity index is 1.56. The van der Waals surface area contributed by atoms with Crippen LogP contribution in [0.15, 0.2) is 45.3 Å². The number of benzene rings is 1. The van der Waals surface area contributed by atoms with Crippen molar-refractivity contribution in [2.24, 2.45) is 14.1 Å². The first-order valence-electron chi connectivity index (χ1n) is 8.56. The molecule has 4 rings (SSSR count). The van der Waals surface area contributed by atoms with Gasteiger partial charge >= 0.3 is 5.69 Å². The minimum Gasteiger partial charge on any atom is -0.324 e. The van der Waals surface area contributed by atoms with Gasteiger partial charge in [0.1, 0.15) is 0 Å².